The van der Waals surface area contributed by atoms with Crippen LogP contribution in [-0.2, 0) is 19.2 Å². The maximum atomic E-state index is 12.7. The smallest absolute Gasteiger partial charge is 0.326 e. The van der Waals surface area contributed by atoms with Gasteiger partial charge >= 0.3 is 5.97 Å². The molecule has 0 aromatic carbocycles. The number of hydrogen-bond acceptors (Lipinski definition) is 8. The Bertz CT molecular complexity index is 668. The van der Waals surface area contributed by atoms with Gasteiger partial charge in [-0.15, -0.1) is 0 Å². The number of guanidine groups is 1. The van der Waals surface area contributed by atoms with Crippen molar-refractivity contribution in [2.45, 2.75) is 57.3 Å². The Balaban J connectivity index is 5.26. The van der Waals surface area contributed by atoms with Crippen LogP contribution in [0, 0.1) is 5.92 Å². The Morgan fingerprint density at radius 1 is 0.875 bits per heavy atom. The third kappa shape index (κ3) is 11.4. The van der Waals surface area contributed by atoms with Crippen LogP contribution in [0.25, 0.3) is 0 Å². The molecule has 0 bridgehead atoms. The molecule has 12 N–H and O–H groups in total. The second kappa shape index (κ2) is 14.9. The van der Waals surface area contributed by atoms with Crippen LogP contribution in [0.1, 0.15) is 33.1 Å². The lowest BCUT2D eigenvalue weighted by Crippen LogP contribution is -2.58. The van der Waals surface area contributed by atoms with E-state index in [1.807, 2.05) is 0 Å². The predicted molar refractivity (Wildman–Crippen MR) is 115 cm³/mol. The molecule has 0 aliphatic heterocycles. The SMILES string of the molecule is CC(C)CC(NC(=O)C(CO)NC(=O)C(CCCN=C(N)N)NC(=O)C(N)CO)C(=O)O. The van der Waals surface area contributed by atoms with Crippen molar-refractivity contribution in [1.29, 1.82) is 0 Å². The van der Waals surface area contributed by atoms with Gasteiger partial charge in [-0.05, 0) is 25.2 Å². The topological polar surface area (TPSA) is 255 Å². The van der Waals surface area contributed by atoms with E-state index in [0.29, 0.717) is 0 Å². The van der Waals surface area contributed by atoms with Crippen molar-refractivity contribution in [3.05, 3.63) is 0 Å². The zero-order valence-electron chi connectivity index (χ0n) is 18.3. The van der Waals surface area contributed by atoms with E-state index in [9.17, 15) is 29.4 Å². The molecule has 184 valence electrons. The lowest BCUT2D eigenvalue weighted by atomic mass is 10.0. The molecule has 0 aromatic rings. The highest BCUT2D eigenvalue weighted by Gasteiger charge is 2.30. The maximum Gasteiger partial charge on any atom is 0.326 e. The van der Waals surface area contributed by atoms with E-state index < -0.39 is 61.1 Å². The van der Waals surface area contributed by atoms with Gasteiger partial charge in [0.15, 0.2) is 5.96 Å². The first-order valence-corrected chi connectivity index (χ1v) is 10.1. The van der Waals surface area contributed by atoms with Crippen molar-refractivity contribution in [2.24, 2.45) is 28.1 Å². The highest BCUT2D eigenvalue weighted by Crippen LogP contribution is 2.06. The van der Waals surface area contributed by atoms with Crippen LogP contribution in [0.15, 0.2) is 4.99 Å². The fourth-order valence-electron chi connectivity index (χ4n) is 2.57. The molecule has 0 aliphatic carbocycles. The van der Waals surface area contributed by atoms with Crippen molar-refractivity contribution in [1.82, 2.24) is 16.0 Å². The van der Waals surface area contributed by atoms with Gasteiger partial charge in [0.1, 0.15) is 24.2 Å². The zero-order valence-corrected chi connectivity index (χ0v) is 18.3. The van der Waals surface area contributed by atoms with Gasteiger partial charge in [0.2, 0.25) is 17.7 Å². The number of nitrogens with zero attached hydrogens (tertiary/aromatic N) is 1. The van der Waals surface area contributed by atoms with Crippen LogP contribution in [0.2, 0.25) is 0 Å². The molecule has 4 atom stereocenters. The first kappa shape index (κ1) is 29.0. The maximum absolute atomic E-state index is 12.7. The average molecular weight is 462 g/mol. The minimum absolute atomic E-state index is 0.0286. The molecule has 0 fully saturated rings. The number of rotatable bonds is 15. The Morgan fingerprint density at radius 2 is 1.41 bits per heavy atom. The Morgan fingerprint density at radius 3 is 1.88 bits per heavy atom. The van der Waals surface area contributed by atoms with Gasteiger partial charge in [0.05, 0.1) is 13.2 Å². The van der Waals surface area contributed by atoms with Gasteiger partial charge in [0.25, 0.3) is 0 Å². The molecule has 0 rings (SSSR count). The van der Waals surface area contributed by atoms with E-state index in [1.165, 1.54) is 0 Å². The van der Waals surface area contributed by atoms with Gasteiger partial charge in [0, 0.05) is 6.54 Å². The summed E-state index contributed by atoms with van der Waals surface area (Å²) in [5, 5.41) is 34.7. The number of aliphatic imine (C=N–C) groups is 1. The van der Waals surface area contributed by atoms with Gasteiger partial charge in [-0.1, -0.05) is 13.8 Å². The minimum atomic E-state index is -1.46. The second-order valence-electron chi connectivity index (χ2n) is 7.57. The number of carboxylic acids is 1. The molecule has 0 heterocycles. The van der Waals surface area contributed by atoms with Gasteiger partial charge < -0.3 is 48.5 Å². The van der Waals surface area contributed by atoms with Crippen LogP contribution >= 0.6 is 0 Å². The molecule has 4 unspecified atom stereocenters. The fourth-order valence-corrected chi connectivity index (χ4v) is 2.57. The lowest BCUT2D eigenvalue weighted by molar-refractivity contribution is -0.143. The number of aliphatic hydroxyl groups is 2. The molecule has 0 aliphatic rings. The number of carboxylic acid groups (broad SMARTS) is 1. The monoisotopic (exact) mass is 461 g/mol. The van der Waals surface area contributed by atoms with Crippen molar-refractivity contribution in [2.75, 3.05) is 19.8 Å². The van der Waals surface area contributed by atoms with Crippen molar-refractivity contribution in [3.63, 3.8) is 0 Å². The average Bonchev–Trinajstić information content (AvgIpc) is 2.71. The minimum Gasteiger partial charge on any atom is -0.480 e. The van der Waals surface area contributed by atoms with E-state index in [1.54, 1.807) is 13.8 Å². The number of amides is 3. The summed E-state index contributed by atoms with van der Waals surface area (Å²) < 4.78 is 0. The Labute approximate surface area is 186 Å². The molecule has 3 amide bonds. The largest absolute Gasteiger partial charge is 0.480 e. The van der Waals surface area contributed by atoms with Crippen LogP contribution in [0.4, 0.5) is 0 Å². The molecule has 32 heavy (non-hydrogen) atoms. The van der Waals surface area contributed by atoms with Crippen molar-refractivity contribution < 1.29 is 34.5 Å². The summed E-state index contributed by atoms with van der Waals surface area (Å²) in [7, 11) is 0. The highest BCUT2D eigenvalue weighted by atomic mass is 16.4. The molecule has 0 spiro atoms. The summed E-state index contributed by atoms with van der Waals surface area (Å²) in [6.45, 7) is 2.26. The van der Waals surface area contributed by atoms with E-state index in [2.05, 4.69) is 20.9 Å². The van der Waals surface area contributed by atoms with Gasteiger partial charge in [-0.25, -0.2) is 4.79 Å². The molecule has 14 nitrogen and oxygen atoms in total. The summed E-state index contributed by atoms with van der Waals surface area (Å²) in [6.07, 6.45) is 0.475. The molecule has 0 saturated heterocycles. The highest BCUT2D eigenvalue weighted by molar-refractivity contribution is 5.94. The van der Waals surface area contributed by atoms with E-state index in [4.69, 9.17) is 22.3 Å². The number of carbonyl (C=O) groups excluding carboxylic acids is 3. The number of hydrogen-bond donors (Lipinski definition) is 9. The molecular weight excluding hydrogens is 426 g/mol. The van der Waals surface area contributed by atoms with E-state index in [-0.39, 0.29) is 37.7 Å². The number of nitrogens with one attached hydrogen (secondary N) is 3. The van der Waals surface area contributed by atoms with Gasteiger partial charge in [-0.3, -0.25) is 19.4 Å². The third-order valence-corrected chi connectivity index (χ3v) is 4.25. The normalized spacial score (nSPS) is 14.6. The summed E-state index contributed by atoms with van der Waals surface area (Å²) >= 11 is 0. The number of aliphatic hydroxyl groups excluding tert-OH is 2. The van der Waals surface area contributed by atoms with Crippen molar-refractivity contribution in [3.8, 4) is 0 Å². The summed E-state index contributed by atoms with van der Waals surface area (Å²) in [6, 6.07) is -5.11. The standard InChI is InChI=1S/C18H35N7O7/c1-9(2)6-12(17(31)32)24-16(30)13(8-27)25-15(29)11(4-3-5-22-18(20)21)23-14(28)10(19)7-26/h9-13,26-27H,3-8,19H2,1-2H3,(H,23,28)(H,24,30)(H,25,29)(H,31,32)(H4,20,21,22). The molecule has 0 radical (unpaired) electrons. The van der Waals surface area contributed by atoms with Crippen molar-refractivity contribution >= 4 is 29.7 Å². The summed E-state index contributed by atoms with van der Waals surface area (Å²) in [4.78, 5) is 52.2. The fraction of sp³-hybridized carbons (Fsp3) is 0.722. The zero-order chi connectivity index (χ0) is 24.8. The first-order chi connectivity index (χ1) is 14.9. The van der Waals surface area contributed by atoms with E-state index >= 15 is 0 Å². The van der Waals surface area contributed by atoms with Crippen LogP contribution < -0.4 is 33.2 Å². The predicted octanol–water partition coefficient (Wildman–Crippen LogP) is -4.06. The summed E-state index contributed by atoms with van der Waals surface area (Å²) in [5.41, 5.74) is 15.9. The van der Waals surface area contributed by atoms with Gasteiger partial charge in [-0.2, -0.15) is 0 Å². The first-order valence-electron chi connectivity index (χ1n) is 10.1. The second-order valence-corrected chi connectivity index (χ2v) is 7.57. The molecular formula is C18H35N7O7. The summed E-state index contributed by atoms with van der Waals surface area (Å²) in [5.74, 6) is -3.95. The van der Waals surface area contributed by atoms with Crippen LogP contribution in [0.5, 0.6) is 0 Å². The number of aliphatic carboxylic acids is 1. The number of carbonyl (C=O) groups is 4. The molecule has 0 saturated carbocycles. The van der Waals surface area contributed by atoms with Crippen LogP contribution in [-0.4, -0.2) is 88.9 Å². The van der Waals surface area contributed by atoms with Crippen LogP contribution in [0.3, 0.4) is 0 Å². The quantitative estimate of drug-likeness (QED) is 0.0647. The Hall–Kier alpha value is -2.97. The third-order valence-electron chi connectivity index (χ3n) is 4.25. The lowest BCUT2D eigenvalue weighted by Gasteiger charge is -2.24. The molecule has 0 aromatic heterocycles. The molecule has 14 heteroatoms. The number of nitrogens with two attached hydrogens (primary N) is 3. The Kier molecular flexibility index (Phi) is 13.5. The van der Waals surface area contributed by atoms with E-state index in [0.717, 1.165) is 0 Å².